The highest BCUT2D eigenvalue weighted by molar-refractivity contribution is 5.53. The van der Waals surface area contributed by atoms with Gasteiger partial charge in [-0.05, 0) is 47.4 Å². The van der Waals surface area contributed by atoms with E-state index in [1.165, 1.54) is 22.4 Å². The van der Waals surface area contributed by atoms with Crippen molar-refractivity contribution in [1.29, 1.82) is 0 Å². The molecule has 0 radical (unpaired) electrons. The summed E-state index contributed by atoms with van der Waals surface area (Å²) in [5.74, 6) is 2.01. The molecule has 30 heavy (non-hydrogen) atoms. The fraction of sp³-hybridized carbons (Fsp3) is 0.308. The van der Waals surface area contributed by atoms with Crippen LogP contribution in [0.3, 0.4) is 0 Å². The zero-order valence-corrected chi connectivity index (χ0v) is 17.6. The second kappa shape index (κ2) is 8.04. The summed E-state index contributed by atoms with van der Waals surface area (Å²) in [4.78, 5) is 5.14. The van der Waals surface area contributed by atoms with Gasteiger partial charge in [0.15, 0.2) is 11.5 Å². The van der Waals surface area contributed by atoms with Crippen LogP contribution in [-0.4, -0.2) is 38.9 Å². The highest BCUT2D eigenvalue weighted by Crippen LogP contribution is 2.47. The SMILES string of the molecule is COc1cc2c(cc1OC)[C@@H]1[C@H](c3ccccc3)CN(c3ccccc3)CN1CC2. The van der Waals surface area contributed by atoms with Crippen LogP contribution in [0.1, 0.15) is 28.7 Å². The average Bonchev–Trinajstić information content (AvgIpc) is 2.83. The van der Waals surface area contributed by atoms with Crippen molar-refractivity contribution in [2.75, 3.05) is 38.9 Å². The summed E-state index contributed by atoms with van der Waals surface area (Å²) >= 11 is 0. The van der Waals surface area contributed by atoms with E-state index in [0.717, 1.165) is 37.7 Å². The molecule has 0 spiro atoms. The van der Waals surface area contributed by atoms with E-state index < -0.39 is 0 Å². The Morgan fingerprint density at radius 2 is 1.50 bits per heavy atom. The summed E-state index contributed by atoms with van der Waals surface area (Å²) in [5, 5.41) is 0. The van der Waals surface area contributed by atoms with Crippen molar-refractivity contribution >= 4 is 5.69 Å². The third-order valence-electron chi connectivity index (χ3n) is 6.53. The van der Waals surface area contributed by atoms with Crippen molar-refractivity contribution in [1.82, 2.24) is 4.90 Å². The first-order valence-electron chi connectivity index (χ1n) is 10.6. The minimum Gasteiger partial charge on any atom is -0.493 e. The van der Waals surface area contributed by atoms with E-state index in [1.807, 2.05) is 0 Å². The molecule has 2 heterocycles. The highest BCUT2D eigenvalue weighted by Gasteiger charge is 2.40. The monoisotopic (exact) mass is 400 g/mol. The maximum Gasteiger partial charge on any atom is 0.161 e. The van der Waals surface area contributed by atoms with Gasteiger partial charge in [0, 0.05) is 30.7 Å². The van der Waals surface area contributed by atoms with Crippen LogP contribution in [0.2, 0.25) is 0 Å². The number of hydrogen-bond acceptors (Lipinski definition) is 4. The fourth-order valence-corrected chi connectivity index (χ4v) is 5.09. The second-order valence-corrected chi connectivity index (χ2v) is 8.13. The Morgan fingerprint density at radius 3 is 2.20 bits per heavy atom. The molecule has 0 aromatic heterocycles. The van der Waals surface area contributed by atoms with E-state index in [0.29, 0.717) is 12.0 Å². The lowest BCUT2D eigenvalue weighted by atomic mass is 9.79. The molecule has 0 N–H and O–H groups in total. The molecule has 0 unspecified atom stereocenters. The number of rotatable bonds is 4. The number of anilines is 1. The van der Waals surface area contributed by atoms with E-state index in [-0.39, 0.29) is 0 Å². The van der Waals surface area contributed by atoms with Crippen LogP contribution in [0.25, 0.3) is 0 Å². The Morgan fingerprint density at radius 1 is 0.833 bits per heavy atom. The smallest absolute Gasteiger partial charge is 0.161 e. The highest BCUT2D eigenvalue weighted by atomic mass is 16.5. The van der Waals surface area contributed by atoms with E-state index in [4.69, 9.17) is 9.47 Å². The lowest BCUT2D eigenvalue weighted by Gasteiger charge is -2.50. The van der Waals surface area contributed by atoms with Crippen molar-refractivity contribution < 1.29 is 9.47 Å². The molecule has 0 saturated carbocycles. The zero-order chi connectivity index (χ0) is 20.5. The third kappa shape index (κ3) is 3.31. The van der Waals surface area contributed by atoms with Crippen molar-refractivity contribution in [3.8, 4) is 11.5 Å². The molecule has 2 atom stereocenters. The van der Waals surface area contributed by atoms with Crippen molar-refractivity contribution in [2.45, 2.75) is 18.4 Å². The second-order valence-electron chi connectivity index (χ2n) is 8.13. The number of ether oxygens (including phenoxy) is 2. The van der Waals surface area contributed by atoms with Crippen LogP contribution >= 0.6 is 0 Å². The molecule has 0 bridgehead atoms. The molecule has 5 rings (SSSR count). The van der Waals surface area contributed by atoms with Crippen molar-refractivity contribution in [3.05, 3.63) is 89.5 Å². The molecule has 3 aromatic carbocycles. The van der Waals surface area contributed by atoms with Gasteiger partial charge in [-0.3, -0.25) is 4.90 Å². The Kier molecular flexibility index (Phi) is 5.09. The van der Waals surface area contributed by atoms with Gasteiger partial charge in [-0.25, -0.2) is 0 Å². The Bertz CT molecular complexity index is 1010. The molecule has 154 valence electrons. The van der Waals surface area contributed by atoms with Crippen LogP contribution in [-0.2, 0) is 6.42 Å². The summed E-state index contributed by atoms with van der Waals surface area (Å²) in [6, 6.07) is 26.4. The Labute approximate surface area is 178 Å². The Balaban J connectivity index is 1.59. The topological polar surface area (TPSA) is 24.9 Å². The van der Waals surface area contributed by atoms with Crippen LogP contribution in [0, 0.1) is 0 Å². The van der Waals surface area contributed by atoms with Crippen LogP contribution in [0.15, 0.2) is 72.8 Å². The molecule has 3 aromatic rings. The quantitative estimate of drug-likeness (QED) is 0.624. The normalized spacial score (nSPS) is 20.9. The van der Waals surface area contributed by atoms with Crippen molar-refractivity contribution in [2.24, 2.45) is 0 Å². The largest absolute Gasteiger partial charge is 0.493 e. The van der Waals surface area contributed by atoms with Gasteiger partial charge in [-0.15, -0.1) is 0 Å². The standard InChI is InChI=1S/C26H28N2O2/c1-29-24-15-20-13-14-27-18-28(21-11-7-4-8-12-21)17-23(19-9-5-3-6-10-19)26(27)22(20)16-25(24)30-2/h3-12,15-16,23,26H,13-14,17-18H2,1-2H3/t23-,26+/m0/s1. The van der Waals surface area contributed by atoms with Gasteiger partial charge in [-0.1, -0.05) is 48.5 Å². The van der Waals surface area contributed by atoms with Crippen LogP contribution in [0.5, 0.6) is 11.5 Å². The minimum absolute atomic E-state index is 0.330. The maximum absolute atomic E-state index is 5.66. The first kappa shape index (κ1) is 19.0. The first-order chi connectivity index (χ1) is 14.8. The van der Waals surface area contributed by atoms with Gasteiger partial charge in [0.1, 0.15) is 0 Å². The van der Waals surface area contributed by atoms with E-state index in [2.05, 4.69) is 82.6 Å². The number of fused-ring (bicyclic) bond motifs is 3. The Hall–Kier alpha value is -2.98. The number of methoxy groups -OCH3 is 2. The molecule has 2 aliphatic heterocycles. The molecule has 1 saturated heterocycles. The fourth-order valence-electron chi connectivity index (χ4n) is 5.09. The lowest BCUT2D eigenvalue weighted by molar-refractivity contribution is 0.128. The van der Waals surface area contributed by atoms with Gasteiger partial charge in [0.2, 0.25) is 0 Å². The van der Waals surface area contributed by atoms with E-state index in [1.54, 1.807) is 14.2 Å². The predicted molar refractivity (Wildman–Crippen MR) is 121 cm³/mol. The van der Waals surface area contributed by atoms with Gasteiger partial charge in [0.05, 0.1) is 20.9 Å². The lowest BCUT2D eigenvalue weighted by Crippen LogP contribution is -2.52. The van der Waals surface area contributed by atoms with Gasteiger partial charge in [-0.2, -0.15) is 0 Å². The first-order valence-corrected chi connectivity index (χ1v) is 10.6. The van der Waals surface area contributed by atoms with Crippen LogP contribution in [0.4, 0.5) is 5.69 Å². The molecule has 2 aliphatic rings. The van der Waals surface area contributed by atoms with Crippen LogP contribution < -0.4 is 14.4 Å². The average molecular weight is 401 g/mol. The number of benzene rings is 3. The minimum atomic E-state index is 0.330. The molecular weight excluding hydrogens is 372 g/mol. The van der Waals surface area contributed by atoms with Crippen molar-refractivity contribution in [3.63, 3.8) is 0 Å². The summed E-state index contributed by atoms with van der Waals surface area (Å²) < 4.78 is 11.2. The number of hydrogen-bond donors (Lipinski definition) is 0. The summed E-state index contributed by atoms with van der Waals surface area (Å²) in [7, 11) is 3.43. The van der Waals surface area contributed by atoms with E-state index in [9.17, 15) is 0 Å². The molecule has 1 fully saturated rings. The molecule has 4 nitrogen and oxygen atoms in total. The molecule has 4 heteroatoms. The van der Waals surface area contributed by atoms with E-state index >= 15 is 0 Å². The molecule has 0 aliphatic carbocycles. The summed E-state index contributed by atoms with van der Waals surface area (Å²) in [6.45, 7) is 2.97. The zero-order valence-electron chi connectivity index (χ0n) is 17.6. The van der Waals surface area contributed by atoms with Gasteiger partial charge >= 0.3 is 0 Å². The molecule has 0 amide bonds. The van der Waals surface area contributed by atoms with Gasteiger partial charge in [0.25, 0.3) is 0 Å². The maximum atomic E-state index is 5.66. The van der Waals surface area contributed by atoms with Gasteiger partial charge < -0.3 is 14.4 Å². The number of nitrogens with zero attached hydrogens (tertiary/aromatic N) is 2. The number of para-hydroxylation sites is 1. The predicted octanol–water partition coefficient (Wildman–Crippen LogP) is 4.86. The molecular formula is C26H28N2O2. The summed E-state index contributed by atoms with van der Waals surface area (Å²) in [5.41, 5.74) is 5.43. The summed E-state index contributed by atoms with van der Waals surface area (Å²) in [6.07, 6.45) is 1.02. The third-order valence-corrected chi connectivity index (χ3v) is 6.53.